The standard InChI is InChI=1S/C19H17N7OS/c1-10(19-23-6-7-28-19)24-18(27)17-25-14-8-12(13(20)9-15(14)26-17)16(21)11-2-4-22-5-3-11/h2-10,21H,20H2,1H3,(H,24,27)(H,25,26). The van der Waals surface area contributed by atoms with E-state index in [1.165, 1.54) is 11.3 Å². The molecule has 0 aliphatic rings. The number of nitrogens with two attached hydrogens (primary N) is 1. The van der Waals surface area contributed by atoms with E-state index in [0.717, 1.165) is 5.01 Å². The first-order valence-electron chi connectivity index (χ1n) is 8.51. The Bertz CT molecular complexity index is 1150. The molecule has 4 aromatic rings. The molecule has 9 heteroatoms. The minimum Gasteiger partial charge on any atom is -0.398 e. The maximum absolute atomic E-state index is 12.5. The SMILES string of the molecule is CC(NC(=O)c1nc2cc(N)c(C(=N)c3ccncc3)cc2[nH]1)c1nccs1. The Labute approximate surface area is 164 Å². The van der Waals surface area contributed by atoms with Gasteiger partial charge in [0.1, 0.15) is 5.01 Å². The largest absolute Gasteiger partial charge is 0.398 e. The van der Waals surface area contributed by atoms with Crippen molar-refractivity contribution in [2.75, 3.05) is 5.73 Å². The number of aromatic amines is 1. The predicted octanol–water partition coefficient (Wildman–Crippen LogP) is 2.90. The normalized spacial score (nSPS) is 12.0. The summed E-state index contributed by atoms with van der Waals surface area (Å²) in [6.45, 7) is 1.87. The molecule has 0 saturated heterocycles. The Morgan fingerprint density at radius 3 is 2.79 bits per heavy atom. The summed E-state index contributed by atoms with van der Waals surface area (Å²) in [6.07, 6.45) is 4.95. The third-order valence-corrected chi connectivity index (χ3v) is 5.23. The average molecular weight is 391 g/mol. The second-order valence-electron chi connectivity index (χ2n) is 6.22. The lowest BCUT2D eigenvalue weighted by molar-refractivity contribution is 0.0930. The van der Waals surface area contributed by atoms with Crippen molar-refractivity contribution in [3.05, 3.63) is 70.2 Å². The van der Waals surface area contributed by atoms with Gasteiger partial charge < -0.3 is 16.0 Å². The van der Waals surface area contributed by atoms with Crippen LogP contribution in [-0.2, 0) is 0 Å². The molecule has 0 spiro atoms. The van der Waals surface area contributed by atoms with Gasteiger partial charge in [-0.15, -0.1) is 11.3 Å². The fourth-order valence-electron chi connectivity index (χ4n) is 2.85. The van der Waals surface area contributed by atoms with Crippen LogP contribution in [0.1, 0.15) is 39.7 Å². The second-order valence-corrected chi connectivity index (χ2v) is 7.14. The highest BCUT2D eigenvalue weighted by molar-refractivity contribution is 7.09. The van der Waals surface area contributed by atoms with E-state index in [0.29, 0.717) is 27.8 Å². The summed E-state index contributed by atoms with van der Waals surface area (Å²) < 4.78 is 0. The third kappa shape index (κ3) is 3.35. The van der Waals surface area contributed by atoms with Crippen molar-refractivity contribution in [3.63, 3.8) is 0 Å². The summed E-state index contributed by atoms with van der Waals surface area (Å²) in [4.78, 5) is 28.1. The molecule has 1 amide bonds. The molecule has 1 unspecified atom stereocenters. The van der Waals surface area contributed by atoms with Crippen LogP contribution < -0.4 is 11.1 Å². The van der Waals surface area contributed by atoms with Crippen molar-refractivity contribution in [3.8, 4) is 0 Å². The van der Waals surface area contributed by atoms with E-state index >= 15 is 0 Å². The number of rotatable bonds is 5. The molecule has 0 fully saturated rings. The van der Waals surface area contributed by atoms with Gasteiger partial charge in [0.2, 0.25) is 0 Å². The van der Waals surface area contributed by atoms with Crippen LogP contribution >= 0.6 is 11.3 Å². The highest BCUT2D eigenvalue weighted by atomic mass is 32.1. The molecule has 0 saturated carbocycles. The van der Waals surface area contributed by atoms with Gasteiger partial charge in [-0.3, -0.25) is 15.2 Å². The van der Waals surface area contributed by atoms with Crippen molar-refractivity contribution >= 4 is 39.7 Å². The maximum atomic E-state index is 12.5. The van der Waals surface area contributed by atoms with Crippen LogP contribution in [0, 0.1) is 5.41 Å². The zero-order valence-electron chi connectivity index (χ0n) is 14.9. The van der Waals surface area contributed by atoms with Crippen LogP contribution in [0.2, 0.25) is 0 Å². The van der Waals surface area contributed by atoms with E-state index in [9.17, 15) is 4.79 Å². The number of pyridine rings is 1. The lowest BCUT2D eigenvalue weighted by Crippen LogP contribution is -2.27. The average Bonchev–Trinajstić information content (AvgIpc) is 3.37. The quantitative estimate of drug-likeness (QED) is 0.307. The molecule has 0 radical (unpaired) electrons. The van der Waals surface area contributed by atoms with Crippen molar-refractivity contribution in [1.82, 2.24) is 25.3 Å². The number of amides is 1. The van der Waals surface area contributed by atoms with Gasteiger partial charge in [-0.25, -0.2) is 9.97 Å². The zero-order valence-corrected chi connectivity index (χ0v) is 15.7. The molecule has 1 atom stereocenters. The van der Waals surface area contributed by atoms with Crippen LogP contribution in [-0.4, -0.2) is 31.6 Å². The highest BCUT2D eigenvalue weighted by Gasteiger charge is 2.18. The summed E-state index contributed by atoms with van der Waals surface area (Å²) in [7, 11) is 0. The van der Waals surface area contributed by atoms with E-state index in [1.807, 2.05) is 12.3 Å². The number of thiazole rings is 1. The summed E-state index contributed by atoms with van der Waals surface area (Å²) in [6, 6.07) is 6.68. The summed E-state index contributed by atoms with van der Waals surface area (Å²) in [5.41, 5.74) is 9.30. The molecular formula is C19H17N7OS. The summed E-state index contributed by atoms with van der Waals surface area (Å²) in [5.74, 6) is -0.145. The highest BCUT2D eigenvalue weighted by Crippen LogP contribution is 2.23. The van der Waals surface area contributed by atoms with Gasteiger partial charge in [-0.2, -0.15) is 0 Å². The molecule has 3 aromatic heterocycles. The van der Waals surface area contributed by atoms with Crippen LogP contribution in [0.5, 0.6) is 0 Å². The predicted molar refractivity (Wildman–Crippen MR) is 109 cm³/mol. The lowest BCUT2D eigenvalue weighted by atomic mass is 10.0. The van der Waals surface area contributed by atoms with Gasteiger partial charge in [0.25, 0.3) is 5.91 Å². The minimum absolute atomic E-state index is 0.186. The number of nitrogens with zero attached hydrogens (tertiary/aromatic N) is 3. The van der Waals surface area contributed by atoms with Crippen molar-refractivity contribution < 1.29 is 4.79 Å². The molecule has 3 heterocycles. The first-order chi connectivity index (χ1) is 13.5. The van der Waals surface area contributed by atoms with Crippen LogP contribution in [0.3, 0.4) is 0 Å². The minimum atomic E-state index is -0.330. The van der Waals surface area contributed by atoms with Crippen LogP contribution in [0.25, 0.3) is 11.0 Å². The maximum Gasteiger partial charge on any atom is 0.287 e. The Kier molecular flexibility index (Phi) is 4.58. The number of aromatic nitrogens is 4. The first-order valence-corrected chi connectivity index (χ1v) is 9.39. The van der Waals surface area contributed by atoms with Gasteiger partial charge in [0, 0.05) is 40.8 Å². The monoisotopic (exact) mass is 391 g/mol. The van der Waals surface area contributed by atoms with Crippen molar-refractivity contribution in [2.45, 2.75) is 13.0 Å². The van der Waals surface area contributed by atoms with E-state index in [-0.39, 0.29) is 23.5 Å². The molecule has 8 nitrogen and oxygen atoms in total. The number of hydrogen-bond donors (Lipinski definition) is 4. The van der Waals surface area contributed by atoms with Gasteiger partial charge in [-0.05, 0) is 31.2 Å². The van der Waals surface area contributed by atoms with Gasteiger partial charge >= 0.3 is 0 Å². The number of hydrogen-bond acceptors (Lipinski definition) is 7. The number of carbonyl (C=O) groups excluding carboxylic acids is 1. The van der Waals surface area contributed by atoms with E-state index in [4.69, 9.17) is 11.1 Å². The number of carbonyl (C=O) groups is 1. The van der Waals surface area contributed by atoms with Gasteiger partial charge in [0.15, 0.2) is 5.82 Å². The number of fused-ring (bicyclic) bond motifs is 1. The van der Waals surface area contributed by atoms with E-state index in [2.05, 4.69) is 25.3 Å². The Balaban J connectivity index is 1.62. The molecule has 0 bridgehead atoms. The number of nitrogen functional groups attached to an aromatic ring is 1. The number of H-pyrrole nitrogens is 1. The van der Waals surface area contributed by atoms with Crippen LogP contribution in [0.15, 0.2) is 48.2 Å². The topological polar surface area (TPSA) is 133 Å². The molecule has 5 N–H and O–H groups in total. The molecule has 1 aromatic carbocycles. The second kappa shape index (κ2) is 7.20. The van der Waals surface area contributed by atoms with E-state index < -0.39 is 0 Å². The lowest BCUT2D eigenvalue weighted by Gasteiger charge is -2.09. The molecular weight excluding hydrogens is 374 g/mol. The zero-order chi connectivity index (χ0) is 19.7. The Morgan fingerprint density at radius 1 is 1.29 bits per heavy atom. The van der Waals surface area contributed by atoms with Gasteiger partial charge in [0.05, 0.1) is 22.8 Å². The van der Waals surface area contributed by atoms with Crippen molar-refractivity contribution in [1.29, 1.82) is 5.41 Å². The number of benzene rings is 1. The Morgan fingerprint density at radius 2 is 2.07 bits per heavy atom. The molecule has 0 aliphatic carbocycles. The Hall–Kier alpha value is -3.59. The summed E-state index contributed by atoms with van der Waals surface area (Å²) >= 11 is 1.48. The number of imidazole rings is 1. The van der Waals surface area contributed by atoms with E-state index in [1.54, 1.807) is 42.9 Å². The van der Waals surface area contributed by atoms with Gasteiger partial charge in [-0.1, -0.05) is 0 Å². The third-order valence-electron chi connectivity index (χ3n) is 4.28. The smallest absolute Gasteiger partial charge is 0.287 e. The fraction of sp³-hybridized carbons (Fsp3) is 0.105. The molecule has 28 heavy (non-hydrogen) atoms. The number of nitrogens with one attached hydrogen (secondary N) is 3. The summed E-state index contributed by atoms with van der Waals surface area (Å²) in [5, 5.41) is 14.0. The molecule has 140 valence electrons. The molecule has 0 aliphatic heterocycles. The number of anilines is 1. The first kappa shape index (κ1) is 17.8. The van der Waals surface area contributed by atoms with Crippen molar-refractivity contribution in [2.24, 2.45) is 0 Å². The fourth-order valence-corrected chi connectivity index (χ4v) is 3.49. The van der Waals surface area contributed by atoms with Crippen LogP contribution in [0.4, 0.5) is 5.69 Å². The molecule has 4 rings (SSSR count).